The monoisotopic (exact) mass is 500 g/mol. The molecule has 0 unspecified atom stereocenters. The van der Waals surface area contributed by atoms with Crippen molar-refractivity contribution in [3.05, 3.63) is 103 Å². The summed E-state index contributed by atoms with van der Waals surface area (Å²) in [5, 5.41) is 4.78. The largest absolute Gasteiger partial charge is 0.454 e. The summed E-state index contributed by atoms with van der Waals surface area (Å²) in [7, 11) is 0.261. The first-order chi connectivity index (χ1) is 17.9. The van der Waals surface area contributed by atoms with E-state index >= 15 is 4.39 Å². The topological polar surface area (TPSA) is 17.0 Å². The minimum Gasteiger partial charge on any atom is -0.454 e. The fourth-order valence-corrected chi connectivity index (χ4v) is 9.30. The number of rotatable bonds is 2. The number of benzene rings is 4. The predicted molar refractivity (Wildman–Crippen MR) is 153 cm³/mol. The molecule has 0 fully saturated rings. The lowest BCUT2D eigenvalue weighted by molar-refractivity contribution is -0.660. The van der Waals surface area contributed by atoms with E-state index in [-0.39, 0.29) is 5.82 Å². The van der Waals surface area contributed by atoms with Crippen LogP contribution >= 0.6 is 0 Å². The number of pyridine rings is 1. The molecule has 0 atom stereocenters. The van der Waals surface area contributed by atoms with Crippen LogP contribution < -0.4 is 14.9 Å². The number of nitrogens with zero attached hydrogens (tertiary/aromatic N) is 1. The van der Waals surface area contributed by atoms with Crippen LogP contribution in [0.5, 0.6) is 0 Å². The highest BCUT2D eigenvalue weighted by molar-refractivity contribution is 7.03. The van der Waals surface area contributed by atoms with Crippen LogP contribution in [0.3, 0.4) is 0 Å². The summed E-state index contributed by atoms with van der Waals surface area (Å²) in [4.78, 5) is 0. The van der Waals surface area contributed by atoms with E-state index in [2.05, 4.69) is 85.2 Å². The Balaban J connectivity index is 1.52. The van der Waals surface area contributed by atoms with Crippen LogP contribution in [0.2, 0.25) is 13.1 Å². The van der Waals surface area contributed by atoms with Crippen LogP contribution in [0.15, 0.2) is 95.5 Å². The van der Waals surface area contributed by atoms with Crippen LogP contribution in [0.4, 0.5) is 4.39 Å². The Morgan fingerprint density at radius 3 is 2.24 bits per heavy atom. The van der Waals surface area contributed by atoms with Gasteiger partial charge in [-0.2, -0.15) is 0 Å². The lowest BCUT2D eigenvalue weighted by Gasteiger charge is -2.18. The number of fused-ring (bicyclic) bond motifs is 6. The Hall–Kier alpha value is -4.02. The maximum Gasteiger partial charge on any atom is 0.216 e. The molecule has 0 spiro atoms. The van der Waals surface area contributed by atoms with Crippen molar-refractivity contribution in [3.8, 4) is 33.5 Å². The summed E-state index contributed by atoms with van der Waals surface area (Å²) in [6.07, 6.45) is 2.04. The van der Waals surface area contributed by atoms with E-state index in [9.17, 15) is 0 Å². The van der Waals surface area contributed by atoms with Crippen molar-refractivity contribution in [1.29, 1.82) is 0 Å². The lowest BCUT2D eigenvalue weighted by atomic mass is 9.96. The van der Waals surface area contributed by atoms with Gasteiger partial charge in [0.2, 0.25) is 5.69 Å². The molecule has 180 valence electrons. The van der Waals surface area contributed by atoms with E-state index in [1.807, 2.05) is 31.4 Å². The molecule has 0 amide bonds. The van der Waals surface area contributed by atoms with Crippen molar-refractivity contribution < 1.29 is 13.4 Å². The average molecular weight is 501 g/mol. The van der Waals surface area contributed by atoms with E-state index in [0.717, 1.165) is 38.7 Å². The SMILES string of the molecule is Cc1ccc2c(oc3c(-c4ccc5c(c4)-c4ccccc4[Si]5(C)C)c(F)ccc32)c1-c1cccc[n+]1C. The van der Waals surface area contributed by atoms with Crippen molar-refractivity contribution in [3.63, 3.8) is 0 Å². The van der Waals surface area contributed by atoms with Gasteiger partial charge in [-0.3, -0.25) is 0 Å². The molecular formula is C33H27FNOSi+. The number of aryl methyl sites for hydroxylation is 2. The number of hydrogen-bond donors (Lipinski definition) is 0. The van der Waals surface area contributed by atoms with Gasteiger partial charge in [-0.1, -0.05) is 61.6 Å². The molecule has 0 aliphatic carbocycles. The molecule has 1 aliphatic heterocycles. The van der Waals surface area contributed by atoms with Crippen LogP contribution in [0.1, 0.15) is 5.56 Å². The zero-order valence-electron chi connectivity index (χ0n) is 21.4. The molecule has 1 aliphatic rings. The summed E-state index contributed by atoms with van der Waals surface area (Å²) >= 11 is 0. The van der Waals surface area contributed by atoms with Crippen molar-refractivity contribution in [1.82, 2.24) is 0 Å². The van der Waals surface area contributed by atoms with Crippen molar-refractivity contribution in [2.45, 2.75) is 20.0 Å². The zero-order valence-corrected chi connectivity index (χ0v) is 22.4. The molecule has 4 heteroatoms. The molecule has 37 heavy (non-hydrogen) atoms. The highest BCUT2D eigenvalue weighted by atomic mass is 28.3. The number of aromatic nitrogens is 1. The Morgan fingerprint density at radius 1 is 0.730 bits per heavy atom. The third-order valence-corrected chi connectivity index (χ3v) is 11.7. The van der Waals surface area contributed by atoms with Gasteiger partial charge in [0.15, 0.2) is 6.20 Å². The summed E-state index contributed by atoms with van der Waals surface area (Å²) in [6, 6.07) is 28.9. The Labute approximate surface area is 216 Å². The Bertz CT molecular complexity index is 1900. The summed E-state index contributed by atoms with van der Waals surface area (Å²) < 4.78 is 24.4. The first-order valence-corrected chi connectivity index (χ1v) is 15.7. The smallest absolute Gasteiger partial charge is 0.216 e. The minimum atomic E-state index is -1.78. The van der Waals surface area contributed by atoms with E-state index in [4.69, 9.17) is 4.42 Å². The second-order valence-corrected chi connectivity index (χ2v) is 15.0. The van der Waals surface area contributed by atoms with Crippen LogP contribution in [0, 0.1) is 12.7 Å². The fraction of sp³-hybridized carbons (Fsp3) is 0.121. The van der Waals surface area contributed by atoms with Gasteiger partial charge in [0.1, 0.15) is 32.1 Å². The Morgan fingerprint density at radius 2 is 1.43 bits per heavy atom. The highest BCUT2D eigenvalue weighted by Crippen LogP contribution is 2.42. The average Bonchev–Trinajstić information content (AvgIpc) is 3.37. The summed E-state index contributed by atoms with van der Waals surface area (Å²) in [5.74, 6) is -0.266. The third kappa shape index (κ3) is 3.06. The fourth-order valence-electron chi connectivity index (χ4n) is 6.22. The highest BCUT2D eigenvalue weighted by Gasteiger charge is 2.37. The van der Waals surface area contributed by atoms with E-state index in [1.54, 1.807) is 6.07 Å². The number of furan rings is 1. The molecule has 2 aromatic heterocycles. The van der Waals surface area contributed by atoms with Crippen LogP contribution in [-0.4, -0.2) is 8.07 Å². The van der Waals surface area contributed by atoms with Crippen molar-refractivity contribution in [2.75, 3.05) is 0 Å². The second-order valence-electron chi connectivity index (χ2n) is 10.7. The Kier molecular flexibility index (Phi) is 4.64. The van der Waals surface area contributed by atoms with Crippen molar-refractivity contribution >= 4 is 40.4 Å². The van der Waals surface area contributed by atoms with Gasteiger partial charge < -0.3 is 4.42 Å². The molecule has 0 bridgehead atoms. The second kappa shape index (κ2) is 7.74. The van der Waals surface area contributed by atoms with E-state index in [1.165, 1.54) is 21.5 Å². The van der Waals surface area contributed by atoms with Gasteiger partial charge in [0, 0.05) is 22.9 Å². The van der Waals surface area contributed by atoms with Gasteiger partial charge in [-0.05, 0) is 63.8 Å². The van der Waals surface area contributed by atoms with E-state index in [0.29, 0.717) is 11.1 Å². The molecule has 7 rings (SSSR count). The molecule has 6 aromatic rings. The number of halogens is 1. The number of hydrogen-bond acceptors (Lipinski definition) is 1. The molecule has 2 nitrogen and oxygen atoms in total. The van der Waals surface area contributed by atoms with Gasteiger partial charge in [-0.25, -0.2) is 8.96 Å². The normalized spacial score (nSPS) is 13.8. The molecule has 0 saturated carbocycles. The van der Waals surface area contributed by atoms with Crippen LogP contribution in [-0.2, 0) is 7.05 Å². The molecule has 0 radical (unpaired) electrons. The summed E-state index contributed by atoms with van der Waals surface area (Å²) in [6.45, 7) is 6.89. The predicted octanol–water partition coefficient (Wildman–Crippen LogP) is 7.00. The van der Waals surface area contributed by atoms with Gasteiger partial charge in [-0.15, -0.1) is 0 Å². The van der Waals surface area contributed by atoms with Gasteiger partial charge in [0.25, 0.3) is 0 Å². The van der Waals surface area contributed by atoms with Gasteiger partial charge >= 0.3 is 0 Å². The molecule has 0 saturated heterocycles. The third-order valence-electron chi connectivity index (χ3n) is 8.15. The standard InChI is InChI=1S/C33H27FNOSi/c1-20-12-14-23-24-15-16-26(34)31(33(24)36-32(23)30(20)27-10-7-8-18-35(27)2)21-13-17-29-25(19-21)22-9-5-6-11-28(22)37(29,3)4/h5-19H,1-4H3/q+1. The molecule has 4 aromatic carbocycles. The van der Waals surface area contributed by atoms with Crippen molar-refractivity contribution in [2.24, 2.45) is 7.05 Å². The molecule has 3 heterocycles. The van der Waals surface area contributed by atoms with E-state index < -0.39 is 8.07 Å². The maximum absolute atomic E-state index is 15.6. The maximum atomic E-state index is 15.6. The summed E-state index contributed by atoms with van der Waals surface area (Å²) in [5.41, 5.74) is 8.51. The zero-order chi connectivity index (χ0) is 25.5. The van der Waals surface area contributed by atoms with Crippen LogP contribution in [0.25, 0.3) is 55.4 Å². The minimum absolute atomic E-state index is 0.266. The first kappa shape index (κ1) is 22.2. The quantitative estimate of drug-likeness (QED) is 0.185. The molecule has 0 N–H and O–H groups in total. The lowest BCUT2D eigenvalue weighted by Crippen LogP contribution is -2.49. The van der Waals surface area contributed by atoms with Gasteiger partial charge in [0.05, 0.1) is 11.1 Å². The molecular weight excluding hydrogens is 473 g/mol. The first-order valence-electron chi connectivity index (χ1n) is 12.7.